The molecule has 1 aliphatic heterocycles. The zero-order chi connectivity index (χ0) is 20.3. The minimum atomic E-state index is -3.39. The second-order valence-electron chi connectivity index (χ2n) is 6.76. The maximum Gasteiger partial charge on any atom is 0.318 e. The Morgan fingerprint density at radius 2 is 1.38 bits per heavy atom. The zero-order valence-electron chi connectivity index (χ0n) is 15.7. The van der Waals surface area contributed by atoms with Gasteiger partial charge in [-0.15, -0.1) is 0 Å². The van der Waals surface area contributed by atoms with Crippen molar-refractivity contribution in [2.45, 2.75) is 17.2 Å². The summed E-state index contributed by atoms with van der Waals surface area (Å²) in [4.78, 5) is 13.2. The van der Waals surface area contributed by atoms with Gasteiger partial charge in [0, 0.05) is 11.1 Å². The fourth-order valence-corrected chi connectivity index (χ4v) is 4.72. The van der Waals surface area contributed by atoms with Crippen LogP contribution in [0.2, 0.25) is 0 Å². The number of carbonyl (C=O) groups excluding carboxylic acids is 1. The van der Waals surface area contributed by atoms with E-state index < -0.39 is 21.7 Å². The molecule has 0 spiro atoms. The molecule has 148 valence electrons. The molecule has 0 aliphatic carbocycles. The predicted octanol–water partition coefficient (Wildman–Crippen LogP) is 4.33. The number of hydrogen-bond acceptors (Lipinski definition) is 5. The van der Waals surface area contributed by atoms with Gasteiger partial charge in [-0.25, -0.2) is 8.42 Å². The van der Waals surface area contributed by atoms with Crippen molar-refractivity contribution >= 4 is 15.8 Å². The second kappa shape index (κ2) is 8.09. The van der Waals surface area contributed by atoms with Crippen molar-refractivity contribution in [1.29, 1.82) is 0 Å². The third kappa shape index (κ3) is 4.03. The van der Waals surface area contributed by atoms with Crippen LogP contribution in [0.1, 0.15) is 23.5 Å². The third-order valence-corrected chi connectivity index (χ3v) is 6.64. The monoisotopic (exact) mass is 408 g/mol. The Kier molecular flexibility index (Phi) is 5.36. The minimum Gasteiger partial charge on any atom is -0.465 e. The molecule has 3 aromatic rings. The minimum absolute atomic E-state index is 0.0343. The highest BCUT2D eigenvalue weighted by Gasteiger charge is 2.33. The molecule has 3 aromatic carbocycles. The van der Waals surface area contributed by atoms with Crippen LogP contribution in [0.5, 0.6) is 11.5 Å². The van der Waals surface area contributed by atoms with E-state index in [1.54, 1.807) is 30.3 Å². The molecule has 4 rings (SSSR count). The molecular weight excluding hydrogens is 388 g/mol. The Morgan fingerprint density at radius 3 is 2.00 bits per heavy atom. The first kappa shape index (κ1) is 19.2. The molecule has 1 heterocycles. The van der Waals surface area contributed by atoms with Crippen LogP contribution in [0.4, 0.5) is 0 Å². The van der Waals surface area contributed by atoms with Gasteiger partial charge in [-0.3, -0.25) is 4.79 Å². The van der Waals surface area contributed by atoms with Crippen molar-refractivity contribution in [2.24, 2.45) is 0 Å². The SMILES string of the molecule is O=C(OCCCS(=O)(=O)c1ccccc1)C1c2ccccc2Oc2ccccc21. The van der Waals surface area contributed by atoms with E-state index in [2.05, 4.69) is 0 Å². The van der Waals surface area contributed by atoms with E-state index in [0.717, 1.165) is 11.1 Å². The Bertz CT molecular complexity index is 1080. The van der Waals surface area contributed by atoms with Crippen molar-refractivity contribution in [3.05, 3.63) is 90.0 Å². The Balaban J connectivity index is 1.44. The molecule has 0 radical (unpaired) electrons. The number of rotatable bonds is 6. The first-order valence-electron chi connectivity index (χ1n) is 9.36. The first-order chi connectivity index (χ1) is 14.1. The van der Waals surface area contributed by atoms with Gasteiger partial charge in [0.2, 0.25) is 0 Å². The van der Waals surface area contributed by atoms with Crippen molar-refractivity contribution < 1.29 is 22.7 Å². The lowest BCUT2D eigenvalue weighted by atomic mass is 9.88. The molecule has 0 amide bonds. The lowest BCUT2D eigenvalue weighted by Gasteiger charge is -2.26. The summed E-state index contributed by atoms with van der Waals surface area (Å²) < 4.78 is 36.1. The van der Waals surface area contributed by atoms with E-state index in [4.69, 9.17) is 9.47 Å². The Labute approximate surface area is 169 Å². The molecule has 0 unspecified atom stereocenters. The van der Waals surface area contributed by atoms with Crippen LogP contribution in [-0.4, -0.2) is 26.7 Å². The summed E-state index contributed by atoms with van der Waals surface area (Å²) in [5.74, 6) is 0.164. The second-order valence-corrected chi connectivity index (χ2v) is 8.87. The largest absolute Gasteiger partial charge is 0.465 e. The standard InChI is InChI=1S/C23H20O5S/c24-23(27-15-8-16-29(25,26)17-9-2-1-3-10-17)22-18-11-4-6-13-20(18)28-21-14-7-5-12-19(21)22/h1-7,9-14,22H,8,15-16H2. The Hall–Kier alpha value is -3.12. The van der Waals surface area contributed by atoms with Crippen LogP contribution in [0.25, 0.3) is 0 Å². The number of fused-ring (bicyclic) bond motifs is 2. The zero-order valence-corrected chi connectivity index (χ0v) is 16.5. The molecule has 0 saturated heterocycles. The van der Waals surface area contributed by atoms with E-state index in [-0.39, 0.29) is 23.7 Å². The van der Waals surface area contributed by atoms with Crippen LogP contribution < -0.4 is 4.74 Å². The molecule has 1 aliphatic rings. The maximum atomic E-state index is 12.9. The summed E-state index contributed by atoms with van der Waals surface area (Å²) in [6, 6.07) is 23.0. The van der Waals surface area contributed by atoms with E-state index in [9.17, 15) is 13.2 Å². The van der Waals surface area contributed by atoms with E-state index >= 15 is 0 Å². The molecule has 6 heteroatoms. The number of hydrogen-bond donors (Lipinski definition) is 0. The Morgan fingerprint density at radius 1 is 0.828 bits per heavy atom. The van der Waals surface area contributed by atoms with Crippen LogP contribution in [-0.2, 0) is 19.4 Å². The van der Waals surface area contributed by atoms with Crippen molar-refractivity contribution in [3.63, 3.8) is 0 Å². The smallest absolute Gasteiger partial charge is 0.318 e. The van der Waals surface area contributed by atoms with Crippen molar-refractivity contribution in [3.8, 4) is 11.5 Å². The van der Waals surface area contributed by atoms with Gasteiger partial charge >= 0.3 is 5.97 Å². The summed E-state index contributed by atoms with van der Waals surface area (Å²) in [5, 5.41) is 0. The van der Waals surface area contributed by atoms with Gasteiger partial charge in [-0.1, -0.05) is 54.6 Å². The lowest BCUT2D eigenvalue weighted by Crippen LogP contribution is -2.22. The summed E-state index contributed by atoms with van der Waals surface area (Å²) in [7, 11) is -3.39. The number of para-hydroxylation sites is 2. The van der Waals surface area contributed by atoms with Gasteiger partial charge in [-0.2, -0.15) is 0 Å². The molecule has 0 fully saturated rings. The summed E-state index contributed by atoms with van der Waals surface area (Å²) >= 11 is 0. The van der Waals surface area contributed by atoms with Crippen LogP contribution in [0.3, 0.4) is 0 Å². The predicted molar refractivity (Wildman–Crippen MR) is 109 cm³/mol. The van der Waals surface area contributed by atoms with Crippen LogP contribution in [0, 0.1) is 0 Å². The highest BCUT2D eigenvalue weighted by atomic mass is 32.2. The molecule has 0 aromatic heterocycles. The van der Waals surface area contributed by atoms with Gasteiger partial charge in [-0.05, 0) is 30.7 Å². The maximum absolute atomic E-state index is 12.9. The van der Waals surface area contributed by atoms with E-state index in [1.807, 2.05) is 48.5 Å². The fourth-order valence-electron chi connectivity index (χ4n) is 3.41. The molecular formula is C23H20O5S. The molecule has 5 nitrogen and oxygen atoms in total. The summed E-state index contributed by atoms with van der Waals surface area (Å²) in [5.41, 5.74) is 1.49. The molecule has 0 N–H and O–H groups in total. The number of benzene rings is 3. The first-order valence-corrected chi connectivity index (χ1v) is 11.0. The quantitative estimate of drug-likeness (QED) is 0.448. The van der Waals surface area contributed by atoms with Gasteiger partial charge in [0.1, 0.15) is 17.4 Å². The fraction of sp³-hybridized carbons (Fsp3) is 0.174. The molecule has 0 saturated carbocycles. The van der Waals surface area contributed by atoms with Crippen molar-refractivity contribution in [2.75, 3.05) is 12.4 Å². The topological polar surface area (TPSA) is 69.7 Å². The van der Waals surface area contributed by atoms with Gasteiger partial charge in [0.05, 0.1) is 17.3 Å². The highest BCUT2D eigenvalue weighted by molar-refractivity contribution is 7.91. The average Bonchev–Trinajstić information content (AvgIpc) is 2.75. The van der Waals surface area contributed by atoms with Crippen LogP contribution in [0.15, 0.2) is 83.8 Å². The number of ether oxygens (including phenoxy) is 2. The average molecular weight is 408 g/mol. The molecule has 29 heavy (non-hydrogen) atoms. The van der Waals surface area contributed by atoms with E-state index in [1.165, 1.54) is 0 Å². The highest BCUT2D eigenvalue weighted by Crippen LogP contribution is 2.44. The third-order valence-electron chi connectivity index (χ3n) is 4.82. The van der Waals surface area contributed by atoms with Crippen molar-refractivity contribution in [1.82, 2.24) is 0 Å². The van der Waals surface area contributed by atoms with Gasteiger partial charge in [0.15, 0.2) is 9.84 Å². The number of carbonyl (C=O) groups is 1. The molecule has 0 atom stereocenters. The number of esters is 1. The normalized spacial score (nSPS) is 13.1. The van der Waals surface area contributed by atoms with Gasteiger partial charge < -0.3 is 9.47 Å². The summed E-state index contributed by atoms with van der Waals surface area (Å²) in [6.45, 7) is 0.0343. The van der Waals surface area contributed by atoms with Crippen LogP contribution >= 0.6 is 0 Å². The molecule has 0 bridgehead atoms. The summed E-state index contributed by atoms with van der Waals surface area (Å²) in [6.07, 6.45) is 0.232. The number of sulfone groups is 1. The van der Waals surface area contributed by atoms with E-state index in [0.29, 0.717) is 11.5 Å². The van der Waals surface area contributed by atoms with Gasteiger partial charge in [0.25, 0.3) is 0 Å². The lowest BCUT2D eigenvalue weighted by molar-refractivity contribution is -0.144.